The Morgan fingerprint density at radius 1 is 0.931 bits per heavy atom. The van der Waals surface area contributed by atoms with Crippen molar-refractivity contribution in [1.29, 1.82) is 0 Å². The highest BCUT2D eigenvalue weighted by molar-refractivity contribution is 5.89. The molecular formula is C19H23N5O5. The number of ether oxygens (including phenoxy) is 4. The van der Waals surface area contributed by atoms with Gasteiger partial charge in [0.05, 0.1) is 39.1 Å². The van der Waals surface area contributed by atoms with E-state index in [1.165, 1.54) is 7.11 Å². The number of methoxy groups -OCH3 is 1. The molecular weight excluding hydrogens is 378 g/mol. The quantitative estimate of drug-likeness (QED) is 0.678. The minimum absolute atomic E-state index is 0.171. The van der Waals surface area contributed by atoms with Crippen molar-refractivity contribution in [3.63, 3.8) is 0 Å². The van der Waals surface area contributed by atoms with E-state index in [4.69, 9.17) is 18.9 Å². The molecule has 1 aromatic heterocycles. The minimum atomic E-state index is -0.436. The van der Waals surface area contributed by atoms with Crippen LogP contribution in [0.4, 0.5) is 11.9 Å². The fourth-order valence-electron chi connectivity index (χ4n) is 3.10. The zero-order valence-electron chi connectivity index (χ0n) is 16.2. The van der Waals surface area contributed by atoms with E-state index in [1.807, 2.05) is 9.80 Å². The number of rotatable bonds is 5. The van der Waals surface area contributed by atoms with E-state index >= 15 is 0 Å². The molecule has 0 aliphatic carbocycles. The smallest absolute Gasteiger partial charge is 0.337 e. The zero-order valence-corrected chi connectivity index (χ0v) is 16.2. The molecule has 0 bridgehead atoms. The molecule has 0 amide bonds. The maximum Gasteiger partial charge on any atom is 0.337 e. The van der Waals surface area contributed by atoms with Crippen LogP contribution >= 0.6 is 0 Å². The van der Waals surface area contributed by atoms with E-state index < -0.39 is 5.97 Å². The summed E-state index contributed by atoms with van der Waals surface area (Å²) in [7, 11) is 1.34. The van der Waals surface area contributed by atoms with E-state index in [9.17, 15) is 4.79 Å². The molecule has 0 spiro atoms. The van der Waals surface area contributed by atoms with Crippen molar-refractivity contribution < 1.29 is 23.7 Å². The Hall–Kier alpha value is -2.98. The Balaban J connectivity index is 1.63. The zero-order chi connectivity index (χ0) is 20.1. The molecule has 0 saturated carbocycles. The highest BCUT2D eigenvalue weighted by Gasteiger charge is 2.21. The molecule has 2 saturated heterocycles. The Morgan fingerprint density at radius 2 is 1.52 bits per heavy atom. The topological polar surface area (TPSA) is 99.1 Å². The second-order valence-electron chi connectivity index (χ2n) is 6.54. The third kappa shape index (κ3) is 4.72. The number of anilines is 2. The van der Waals surface area contributed by atoms with Crippen LogP contribution in [0, 0.1) is 0 Å². The van der Waals surface area contributed by atoms with Crippen LogP contribution in [-0.4, -0.2) is 80.6 Å². The summed E-state index contributed by atoms with van der Waals surface area (Å²) in [5, 5.41) is 0. The van der Waals surface area contributed by atoms with Crippen LogP contribution in [0.15, 0.2) is 24.3 Å². The Morgan fingerprint density at radius 3 is 2.07 bits per heavy atom. The number of nitrogens with zero attached hydrogens (tertiary/aromatic N) is 5. The normalized spacial score (nSPS) is 17.1. The predicted octanol–water partition coefficient (Wildman–Crippen LogP) is 1.12. The van der Waals surface area contributed by atoms with Crippen molar-refractivity contribution in [2.75, 3.05) is 69.5 Å². The second-order valence-corrected chi connectivity index (χ2v) is 6.54. The summed E-state index contributed by atoms with van der Waals surface area (Å²) < 4.78 is 21.5. The summed E-state index contributed by atoms with van der Waals surface area (Å²) in [5.41, 5.74) is 0.390. The molecule has 3 heterocycles. The summed E-state index contributed by atoms with van der Waals surface area (Å²) >= 11 is 0. The number of hydrogen-bond acceptors (Lipinski definition) is 10. The van der Waals surface area contributed by atoms with Gasteiger partial charge in [0.1, 0.15) is 5.75 Å². The lowest BCUT2D eigenvalue weighted by molar-refractivity contribution is 0.0600. The fraction of sp³-hybridized carbons (Fsp3) is 0.474. The van der Waals surface area contributed by atoms with Gasteiger partial charge in [-0.25, -0.2) is 4.79 Å². The summed E-state index contributed by atoms with van der Waals surface area (Å²) in [6.45, 7) is 5.28. The molecule has 0 N–H and O–H groups in total. The van der Waals surface area contributed by atoms with Crippen molar-refractivity contribution in [1.82, 2.24) is 15.0 Å². The molecule has 1 aromatic carbocycles. The summed E-state index contributed by atoms with van der Waals surface area (Å²) in [6, 6.07) is 6.88. The number of aromatic nitrogens is 3. The molecule has 0 radical (unpaired) electrons. The molecule has 10 nitrogen and oxygen atoms in total. The van der Waals surface area contributed by atoms with Crippen molar-refractivity contribution in [3.8, 4) is 11.8 Å². The fourth-order valence-corrected chi connectivity index (χ4v) is 3.10. The van der Waals surface area contributed by atoms with Gasteiger partial charge in [0.15, 0.2) is 0 Å². The number of carbonyl (C=O) groups is 1. The molecule has 2 aliphatic heterocycles. The first-order chi connectivity index (χ1) is 14.2. The van der Waals surface area contributed by atoms with Gasteiger partial charge < -0.3 is 28.7 Å². The van der Waals surface area contributed by atoms with E-state index in [-0.39, 0.29) is 6.01 Å². The van der Waals surface area contributed by atoms with Gasteiger partial charge >= 0.3 is 12.0 Å². The van der Waals surface area contributed by atoms with E-state index in [2.05, 4.69) is 15.0 Å². The van der Waals surface area contributed by atoms with Crippen molar-refractivity contribution in [2.45, 2.75) is 0 Å². The van der Waals surface area contributed by atoms with Gasteiger partial charge in [-0.3, -0.25) is 0 Å². The van der Waals surface area contributed by atoms with Crippen LogP contribution in [-0.2, 0) is 14.2 Å². The lowest BCUT2D eigenvalue weighted by Crippen LogP contribution is -2.40. The van der Waals surface area contributed by atoms with Gasteiger partial charge in [-0.05, 0) is 18.2 Å². The molecule has 4 rings (SSSR count). The van der Waals surface area contributed by atoms with Crippen molar-refractivity contribution >= 4 is 17.9 Å². The number of morpholine rings is 2. The van der Waals surface area contributed by atoms with E-state index in [1.54, 1.807) is 24.3 Å². The summed E-state index contributed by atoms with van der Waals surface area (Å²) in [5.74, 6) is 1.10. The van der Waals surface area contributed by atoms with Crippen molar-refractivity contribution in [3.05, 3.63) is 29.8 Å². The molecule has 2 fully saturated rings. The largest absolute Gasteiger partial charge is 0.465 e. The first kappa shape index (κ1) is 19.3. The van der Waals surface area contributed by atoms with Crippen LogP contribution in [0.1, 0.15) is 10.4 Å². The first-order valence-corrected chi connectivity index (χ1v) is 9.50. The van der Waals surface area contributed by atoms with Gasteiger partial charge in [-0.2, -0.15) is 15.0 Å². The first-order valence-electron chi connectivity index (χ1n) is 9.50. The average molecular weight is 401 g/mol. The van der Waals surface area contributed by atoms with Gasteiger partial charge in [-0.1, -0.05) is 6.07 Å². The lowest BCUT2D eigenvalue weighted by Gasteiger charge is -2.30. The predicted molar refractivity (Wildman–Crippen MR) is 104 cm³/mol. The van der Waals surface area contributed by atoms with Crippen LogP contribution in [0.2, 0.25) is 0 Å². The third-order valence-electron chi connectivity index (χ3n) is 4.64. The van der Waals surface area contributed by atoms with E-state index in [0.717, 1.165) is 0 Å². The maximum absolute atomic E-state index is 11.8. The van der Waals surface area contributed by atoms with Gasteiger partial charge in [-0.15, -0.1) is 0 Å². The molecule has 2 aromatic rings. The Labute approximate surface area is 168 Å². The molecule has 10 heteroatoms. The van der Waals surface area contributed by atoms with Gasteiger partial charge in [0.25, 0.3) is 0 Å². The highest BCUT2D eigenvalue weighted by atomic mass is 16.5. The van der Waals surface area contributed by atoms with E-state index in [0.29, 0.717) is 75.8 Å². The minimum Gasteiger partial charge on any atom is -0.465 e. The van der Waals surface area contributed by atoms with Crippen LogP contribution in [0.5, 0.6) is 11.8 Å². The number of hydrogen-bond donors (Lipinski definition) is 0. The monoisotopic (exact) mass is 401 g/mol. The number of benzene rings is 1. The third-order valence-corrected chi connectivity index (χ3v) is 4.64. The van der Waals surface area contributed by atoms with Crippen LogP contribution in [0.25, 0.3) is 0 Å². The van der Waals surface area contributed by atoms with Gasteiger partial charge in [0, 0.05) is 26.2 Å². The van der Waals surface area contributed by atoms with Gasteiger partial charge in [0.2, 0.25) is 11.9 Å². The summed E-state index contributed by atoms with van der Waals surface area (Å²) in [4.78, 5) is 29.5. The standard InChI is InChI=1S/C19H23N5O5/c1-26-16(25)14-3-2-4-15(13-14)29-19-21-17(23-5-9-27-10-6-23)20-18(22-19)24-7-11-28-12-8-24/h2-4,13H,5-12H2,1H3. The second kappa shape index (κ2) is 9.01. The Bertz CT molecular complexity index is 816. The molecule has 2 aliphatic rings. The SMILES string of the molecule is COC(=O)c1cccc(Oc2nc(N3CCOCC3)nc(N3CCOCC3)n2)c1. The van der Waals surface area contributed by atoms with Crippen molar-refractivity contribution in [2.24, 2.45) is 0 Å². The summed E-state index contributed by atoms with van der Waals surface area (Å²) in [6.07, 6.45) is 0. The Kier molecular flexibility index (Phi) is 6.01. The van der Waals surface area contributed by atoms with Crippen LogP contribution < -0.4 is 14.5 Å². The number of esters is 1. The molecule has 154 valence electrons. The number of carbonyl (C=O) groups excluding carboxylic acids is 1. The average Bonchev–Trinajstić information content (AvgIpc) is 2.79. The lowest BCUT2D eigenvalue weighted by atomic mass is 10.2. The molecule has 0 atom stereocenters. The molecule has 0 unspecified atom stereocenters. The molecule has 29 heavy (non-hydrogen) atoms. The maximum atomic E-state index is 11.8. The highest BCUT2D eigenvalue weighted by Crippen LogP contribution is 2.24. The van der Waals surface area contributed by atoms with Crippen LogP contribution in [0.3, 0.4) is 0 Å².